The van der Waals surface area contributed by atoms with Gasteiger partial charge < -0.3 is 5.73 Å². The van der Waals surface area contributed by atoms with Crippen LogP contribution in [0.2, 0.25) is 0 Å². The van der Waals surface area contributed by atoms with Crippen molar-refractivity contribution in [1.82, 2.24) is 9.91 Å². The molecule has 1 fully saturated rings. The highest BCUT2D eigenvalue weighted by molar-refractivity contribution is 7.99. The Kier molecular flexibility index (Phi) is 4.70. The van der Waals surface area contributed by atoms with Gasteiger partial charge in [0.25, 0.3) is 5.91 Å². The largest absolute Gasteiger partial charge is 0.328 e. The molecule has 106 valence electrons. The van der Waals surface area contributed by atoms with Crippen LogP contribution in [-0.2, 0) is 4.79 Å². The molecule has 0 aromatic heterocycles. The summed E-state index contributed by atoms with van der Waals surface area (Å²) in [4.78, 5) is 14.7. The van der Waals surface area contributed by atoms with Crippen molar-refractivity contribution in [3.8, 4) is 0 Å². The zero-order valence-electron chi connectivity index (χ0n) is 12.1. The molecule has 0 aliphatic carbocycles. The van der Waals surface area contributed by atoms with E-state index in [-0.39, 0.29) is 17.5 Å². The number of hydrogen-bond donors (Lipinski definition) is 2. The molecule has 1 heterocycles. The maximum atomic E-state index is 12.5. The van der Waals surface area contributed by atoms with Crippen molar-refractivity contribution in [2.24, 2.45) is 11.6 Å². The van der Waals surface area contributed by atoms with Gasteiger partial charge in [0.15, 0.2) is 0 Å². The molecule has 1 rings (SSSR count). The second-order valence-electron chi connectivity index (χ2n) is 6.38. The molecule has 1 atom stereocenters. The Labute approximate surface area is 114 Å². The van der Waals surface area contributed by atoms with Gasteiger partial charge in [-0.05, 0) is 34.6 Å². The minimum absolute atomic E-state index is 0.0302. The molecule has 0 radical (unpaired) electrons. The molecular formula is C12H26N4OS. The van der Waals surface area contributed by atoms with Crippen LogP contribution < -0.4 is 11.6 Å². The average molecular weight is 274 g/mol. The van der Waals surface area contributed by atoms with E-state index in [1.165, 1.54) is 5.01 Å². The molecule has 4 N–H and O–H groups in total. The Morgan fingerprint density at radius 1 is 1.39 bits per heavy atom. The summed E-state index contributed by atoms with van der Waals surface area (Å²) < 4.78 is 0. The van der Waals surface area contributed by atoms with E-state index in [0.717, 1.165) is 11.6 Å². The lowest BCUT2D eigenvalue weighted by molar-refractivity contribution is -0.142. The number of thioether (sulfide) groups is 1. The number of hydrazine groups is 1. The molecule has 0 bridgehead atoms. The summed E-state index contributed by atoms with van der Waals surface area (Å²) in [6, 6.07) is -0.147. The minimum atomic E-state index is -0.506. The molecule has 5 nitrogen and oxygen atoms in total. The average Bonchev–Trinajstić information content (AvgIpc) is 2.75. The summed E-state index contributed by atoms with van der Waals surface area (Å²) in [5.74, 6) is 7.59. The molecule has 18 heavy (non-hydrogen) atoms. The molecule has 6 heteroatoms. The Balaban J connectivity index is 2.84. The monoisotopic (exact) mass is 274 g/mol. The lowest BCUT2D eigenvalue weighted by atomic mass is 10.0. The first kappa shape index (κ1) is 15.8. The molecule has 0 saturated carbocycles. The van der Waals surface area contributed by atoms with Gasteiger partial charge in [0.05, 0.1) is 5.54 Å². The van der Waals surface area contributed by atoms with Crippen molar-refractivity contribution >= 4 is 17.7 Å². The van der Waals surface area contributed by atoms with Crippen molar-refractivity contribution < 1.29 is 4.79 Å². The highest BCUT2D eigenvalue weighted by atomic mass is 32.2. The van der Waals surface area contributed by atoms with Gasteiger partial charge in [0.1, 0.15) is 6.04 Å². The molecular weight excluding hydrogens is 248 g/mol. The van der Waals surface area contributed by atoms with Crippen molar-refractivity contribution in [2.45, 2.75) is 51.7 Å². The molecule has 1 saturated heterocycles. The highest BCUT2D eigenvalue weighted by Crippen LogP contribution is 2.30. The lowest BCUT2D eigenvalue weighted by Crippen LogP contribution is -2.62. The van der Waals surface area contributed by atoms with Crippen LogP contribution in [0.3, 0.4) is 0 Å². The summed E-state index contributed by atoms with van der Waals surface area (Å²) in [6.07, 6.45) is 0. The van der Waals surface area contributed by atoms with E-state index in [1.807, 2.05) is 13.8 Å². The van der Waals surface area contributed by atoms with Gasteiger partial charge in [0, 0.05) is 23.7 Å². The Bertz CT molecular complexity index is 314. The van der Waals surface area contributed by atoms with Crippen molar-refractivity contribution in [1.29, 1.82) is 0 Å². The summed E-state index contributed by atoms with van der Waals surface area (Å²) in [6.45, 7) is 10.5. The fourth-order valence-corrected chi connectivity index (χ4v) is 3.28. The van der Waals surface area contributed by atoms with E-state index in [9.17, 15) is 4.79 Å². The molecule has 1 aliphatic rings. The number of nitrogens with two attached hydrogens (primary N) is 2. The van der Waals surface area contributed by atoms with Crippen LogP contribution in [0.4, 0.5) is 0 Å². The van der Waals surface area contributed by atoms with E-state index in [1.54, 1.807) is 11.8 Å². The summed E-state index contributed by atoms with van der Waals surface area (Å²) in [5, 5.41) is 1.31. The number of nitrogens with zero attached hydrogens (tertiary/aromatic N) is 2. The van der Waals surface area contributed by atoms with Gasteiger partial charge in [-0.2, -0.15) is 0 Å². The Hall–Kier alpha value is -0.300. The van der Waals surface area contributed by atoms with E-state index >= 15 is 0 Å². The number of rotatable bonds is 3. The first-order valence-corrected chi connectivity index (χ1v) is 7.40. The van der Waals surface area contributed by atoms with Crippen molar-refractivity contribution in [2.75, 3.05) is 18.2 Å². The van der Waals surface area contributed by atoms with Crippen LogP contribution in [0.5, 0.6) is 0 Å². The third-order valence-electron chi connectivity index (χ3n) is 3.42. The second kappa shape index (κ2) is 5.36. The molecule has 1 amide bonds. The standard InChI is InChI=1S/C12H26N4OS/c1-11(2,3)15-8-18-6-9(15)10(17)16(14)12(4,5)7-13/h9H,6-8,13-14H2,1-5H3. The van der Waals surface area contributed by atoms with E-state index in [4.69, 9.17) is 11.6 Å². The predicted molar refractivity (Wildman–Crippen MR) is 76.9 cm³/mol. The lowest BCUT2D eigenvalue weighted by Gasteiger charge is -2.40. The molecule has 0 aromatic carbocycles. The van der Waals surface area contributed by atoms with Gasteiger partial charge in [-0.1, -0.05) is 0 Å². The van der Waals surface area contributed by atoms with Gasteiger partial charge in [0.2, 0.25) is 0 Å². The van der Waals surface area contributed by atoms with E-state index < -0.39 is 5.54 Å². The Morgan fingerprint density at radius 2 is 1.94 bits per heavy atom. The molecule has 0 aromatic rings. The summed E-state index contributed by atoms with van der Waals surface area (Å²) >= 11 is 1.77. The number of carbonyl (C=O) groups excluding carboxylic acids is 1. The number of hydrogen-bond acceptors (Lipinski definition) is 5. The van der Waals surface area contributed by atoms with Gasteiger partial charge in [-0.15, -0.1) is 11.8 Å². The zero-order valence-corrected chi connectivity index (χ0v) is 12.9. The first-order valence-electron chi connectivity index (χ1n) is 6.24. The second-order valence-corrected chi connectivity index (χ2v) is 7.38. The van der Waals surface area contributed by atoms with E-state index in [2.05, 4.69) is 25.7 Å². The van der Waals surface area contributed by atoms with E-state index in [0.29, 0.717) is 6.54 Å². The van der Waals surface area contributed by atoms with Crippen LogP contribution in [0.15, 0.2) is 0 Å². The fraction of sp³-hybridized carbons (Fsp3) is 0.917. The van der Waals surface area contributed by atoms with Crippen LogP contribution >= 0.6 is 11.8 Å². The van der Waals surface area contributed by atoms with Gasteiger partial charge >= 0.3 is 0 Å². The number of carbonyl (C=O) groups is 1. The normalized spacial score (nSPS) is 22.3. The predicted octanol–water partition coefficient (Wildman–Crippen LogP) is 0.599. The highest BCUT2D eigenvalue weighted by Gasteiger charge is 2.41. The minimum Gasteiger partial charge on any atom is -0.328 e. The third kappa shape index (κ3) is 3.17. The van der Waals surface area contributed by atoms with Gasteiger partial charge in [-0.3, -0.25) is 14.7 Å². The number of amides is 1. The maximum absolute atomic E-state index is 12.5. The van der Waals surface area contributed by atoms with Crippen LogP contribution in [0.25, 0.3) is 0 Å². The van der Waals surface area contributed by atoms with Crippen LogP contribution in [0.1, 0.15) is 34.6 Å². The third-order valence-corrected chi connectivity index (χ3v) is 4.43. The topological polar surface area (TPSA) is 75.6 Å². The quantitative estimate of drug-likeness (QED) is 0.448. The summed E-state index contributed by atoms with van der Waals surface area (Å²) in [7, 11) is 0. The molecule has 1 aliphatic heterocycles. The Morgan fingerprint density at radius 3 is 2.39 bits per heavy atom. The molecule has 1 unspecified atom stereocenters. The summed E-state index contributed by atoms with van der Waals surface area (Å²) in [5.41, 5.74) is 5.14. The van der Waals surface area contributed by atoms with Gasteiger partial charge in [-0.25, -0.2) is 5.84 Å². The van der Waals surface area contributed by atoms with Crippen LogP contribution in [-0.4, -0.2) is 51.1 Å². The first-order chi connectivity index (χ1) is 8.11. The smallest absolute Gasteiger partial charge is 0.255 e. The fourth-order valence-electron chi connectivity index (χ4n) is 1.87. The maximum Gasteiger partial charge on any atom is 0.255 e. The van der Waals surface area contributed by atoms with Crippen molar-refractivity contribution in [3.63, 3.8) is 0 Å². The SMILES string of the molecule is CC(C)(C)N1CSCC1C(=O)N(N)C(C)(C)CN. The van der Waals surface area contributed by atoms with Crippen LogP contribution in [0, 0.1) is 0 Å². The van der Waals surface area contributed by atoms with Crippen molar-refractivity contribution in [3.05, 3.63) is 0 Å². The zero-order chi connectivity index (χ0) is 14.1. The molecule has 0 spiro atoms.